The van der Waals surface area contributed by atoms with E-state index in [1.807, 2.05) is 30.3 Å². The van der Waals surface area contributed by atoms with Gasteiger partial charge in [-0.25, -0.2) is 15.5 Å². The third-order valence-electron chi connectivity index (χ3n) is 2.84. The normalized spacial score (nSPS) is 18.3. The highest BCUT2D eigenvalue weighted by atomic mass is 35.5. The number of hydrogen-bond acceptors (Lipinski definition) is 3. The number of nitrogens with zero attached hydrogens (tertiary/aromatic N) is 1. The minimum absolute atomic E-state index is 0. The quantitative estimate of drug-likeness (QED) is 0.623. The first-order valence-electron chi connectivity index (χ1n) is 5.66. The summed E-state index contributed by atoms with van der Waals surface area (Å²) in [5, 5.41) is 0. The summed E-state index contributed by atoms with van der Waals surface area (Å²) in [6.07, 6.45) is 0.580. The number of carbonyl (C=O) groups excluding carboxylic acids is 1. The minimum Gasteiger partial charge on any atom is -1.00 e. The average molecular weight is 273 g/mol. The van der Waals surface area contributed by atoms with Crippen molar-refractivity contribution in [3.63, 3.8) is 0 Å². The summed E-state index contributed by atoms with van der Waals surface area (Å²) >= 11 is 0. The Labute approximate surface area is 112 Å². The Bertz CT molecular complexity index is 375. The fourth-order valence-corrected chi connectivity index (χ4v) is 1.84. The number of halogens is 1. The van der Waals surface area contributed by atoms with Crippen molar-refractivity contribution in [3.8, 4) is 0 Å². The molecule has 0 bridgehead atoms. The monoisotopic (exact) mass is 272 g/mol. The van der Waals surface area contributed by atoms with Crippen molar-refractivity contribution >= 4 is 6.09 Å². The van der Waals surface area contributed by atoms with Gasteiger partial charge < -0.3 is 22.0 Å². The topological polar surface area (TPSA) is 66.4 Å². The Kier molecular flexibility index (Phi) is 5.91. The summed E-state index contributed by atoms with van der Waals surface area (Å²) in [6.45, 7) is 1.55. The van der Waals surface area contributed by atoms with E-state index in [0.29, 0.717) is 19.7 Å². The number of rotatable bonds is 3. The molecule has 2 rings (SSSR count). The van der Waals surface area contributed by atoms with E-state index in [4.69, 9.17) is 9.57 Å². The van der Waals surface area contributed by atoms with Crippen LogP contribution >= 0.6 is 0 Å². The Morgan fingerprint density at radius 2 is 2.11 bits per heavy atom. The third-order valence-corrected chi connectivity index (χ3v) is 2.84. The number of hydrogen-bond donors (Lipinski definition) is 1. The van der Waals surface area contributed by atoms with Gasteiger partial charge in [0.1, 0.15) is 12.7 Å². The van der Waals surface area contributed by atoms with Crippen LogP contribution in [0, 0.1) is 0 Å². The Morgan fingerprint density at radius 1 is 1.39 bits per heavy atom. The van der Waals surface area contributed by atoms with Crippen LogP contribution in [0.4, 0.5) is 4.79 Å². The fraction of sp³-hybridized carbons (Fsp3) is 0.417. The maximum Gasteiger partial charge on any atom is 0.410 e. The lowest BCUT2D eigenvalue weighted by Crippen LogP contribution is -3.00. The molecule has 0 aromatic heterocycles. The van der Waals surface area contributed by atoms with Crippen LogP contribution in [0.15, 0.2) is 30.3 Å². The van der Waals surface area contributed by atoms with Gasteiger partial charge in [0.15, 0.2) is 0 Å². The van der Waals surface area contributed by atoms with Crippen LogP contribution < -0.4 is 18.3 Å². The second-order valence-electron chi connectivity index (χ2n) is 4.06. The second-order valence-corrected chi connectivity index (χ2v) is 4.06. The zero-order valence-corrected chi connectivity index (χ0v) is 10.8. The molecule has 1 aromatic rings. The number of amides is 1. The zero-order valence-electron chi connectivity index (χ0n) is 10.0. The minimum atomic E-state index is -0.284. The number of quaternary nitrogens is 1. The van der Waals surface area contributed by atoms with Crippen LogP contribution in [0.1, 0.15) is 12.0 Å². The number of benzene rings is 1. The van der Waals surface area contributed by atoms with Gasteiger partial charge in [0.2, 0.25) is 0 Å². The van der Waals surface area contributed by atoms with Crippen LogP contribution in [-0.2, 0) is 16.2 Å². The van der Waals surface area contributed by atoms with Gasteiger partial charge in [0.05, 0.1) is 6.54 Å². The lowest BCUT2D eigenvalue weighted by atomic mass is 10.2. The molecule has 0 saturated carbocycles. The Balaban J connectivity index is 0.00000162. The molecule has 5 nitrogen and oxygen atoms in total. The van der Waals surface area contributed by atoms with E-state index < -0.39 is 0 Å². The maximum atomic E-state index is 11.7. The molecule has 1 aliphatic heterocycles. The highest BCUT2D eigenvalue weighted by molar-refractivity contribution is 5.68. The Hall–Kier alpha value is -1.30. The van der Waals surface area contributed by atoms with Crippen LogP contribution in [0.5, 0.6) is 0 Å². The van der Waals surface area contributed by atoms with Crippen molar-refractivity contribution < 1.29 is 32.7 Å². The molecule has 1 aliphatic rings. The van der Waals surface area contributed by atoms with Crippen molar-refractivity contribution in [1.82, 2.24) is 4.90 Å². The summed E-state index contributed by atoms with van der Waals surface area (Å²) in [5.41, 5.74) is 0.991. The van der Waals surface area contributed by atoms with E-state index in [1.54, 1.807) is 4.90 Å². The van der Waals surface area contributed by atoms with Gasteiger partial charge in [-0.3, -0.25) is 0 Å². The highest BCUT2D eigenvalue weighted by Crippen LogP contribution is 2.12. The number of ether oxygens (including phenoxy) is 1. The lowest BCUT2D eigenvalue weighted by molar-refractivity contribution is -0.701. The molecule has 1 atom stereocenters. The molecule has 0 aliphatic carbocycles. The zero-order chi connectivity index (χ0) is 12.1. The largest absolute Gasteiger partial charge is 1.00 e. The standard InChI is InChI=1S/C12H17N2O3.ClH/c13-17-11-6-7-14(8-11)12(15)16-9-10-4-2-1-3-5-10;/h1-5,11H,6-9H2,13H3;1H/q+1;/p-1. The summed E-state index contributed by atoms with van der Waals surface area (Å²) in [7, 11) is 0. The van der Waals surface area contributed by atoms with Crippen LogP contribution in [0.25, 0.3) is 0 Å². The van der Waals surface area contributed by atoms with Gasteiger partial charge in [0, 0.05) is 6.54 Å². The van der Waals surface area contributed by atoms with Crippen LogP contribution in [-0.4, -0.2) is 30.2 Å². The van der Waals surface area contributed by atoms with E-state index in [2.05, 4.69) is 5.90 Å². The number of likely N-dealkylation sites (tertiary alicyclic amines) is 1. The number of carbonyl (C=O) groups is 1. The van der Waals surface area contributed by atoms with Gasteiger partial charge in [-0.15, -0.1) is 0 Å². The van der Waals surface area contributed by atoms with Crippen LogP contribution in [0.3, 0.4) is 0 Å². The van der Waals surface area contributed by atoms with Crippen molar-refractivity contribution in [2.24, 2.45) is 0 Å². The first kappa shape index (κ1) is 14.8. The second kappa shape index (κ2) is 7.20. The first-order valence-corrected chi connectivity index (χ1v) is 5.66. The van der Waals surface area contributed by atoms with E-state index in [9.17, 15) is 4.79 Å². The SMILES string of the molecule is [Cl-].[NH3+]OC1CCN(C(=O)OCc2ccccc2)C1. The van der Waals surface area contributed by atoms with Crippen LogP contribution in [0.2, 0.25) is 0 Å². The Morgan fingerprint density at radius 3 is 2.72 bits per heavy atom. The van der Waals surface area contributed by atoms with E-state index >= 15 is 0 Å². The molecule has 1 aromatic carbocycles. The van der Waals surface area contributed by atoms with Gasteiger partial charge in [-0.2, -0.15) is 0 Å². The van der Waals surface area contributed by atoms with Gasteiger partial charge in [-0.1, -0.05) is 30.3 Å². The van der Waals surface area contributed by atoms with Crippen molar-refractivity contribution in [2.45, 2.75) is 19.1 Å². The van der Waals surface area contributed by atoms with Crippen molar-refractivity contribution in [2.75, 3.05) is 13.1 Å². The van der Waals surface area contributed by atoms with Crippen molar-refractivity contribution in [3.05, 3.63) is 35.9 Å². The summed E-state index contributed by atoms with van der Waals surface area (Å²) in [4.78, 5) is 18.3. The molecular formula is C12H17ClN2O3. The van der Waals surface area contributed by atoms with Crippen molar-refractivity contribution in [1.29, 1.82) is 0 Å². The predicted octanol–water partition coefficient (Wildman–Crippen LogP) is -2.42. The molecular weight excluding hydrogens is 256 g/mol. The van der Waals surface area contributed by atoms with E-state index in [0.717, 1.165) is 12.0 Å². The summed E-state index contributed by atoms with van der Waals surface area (Å²) in [5.74, 6) is 3.38. The molecule has 1 unspecified atom stereocenters. The molecule has 1 saturated heterocycles. The molecule has 6 heteroatoms. The predicted molar refractivity (Wildman–Crippen MR) is 60.6 cm³/mol. The molecule has 0 spiro atoms. The molecule has 100 valence electrons. The van der Waals surface area contributed by atoms with Gasteiger partial charge in [0.25, 0.3) is 0 Å². The smallest absolute Gasteiger partial charge is 0.410 e. The van der Waals surface area contributed by atoms with E-state index in [1.165, 1.54) is 0 Å². The molecule has 0 radical (unpaired) electrons. The van der Waals surface area contributed by atoms with Gasteiger partial charge in [-0.05, 0) is 12.0 Å². The fourth-order valence-electron chi connectivity index (χ4n) is 1.84. The lowest BCUT2D eigenvalue weighted by Gasteiger charge is -2.15. The highest BCUT2D eigenvalue weighted by Gasteiger charge is 2.28. The molecule has 1 heterocycles. The van der Waals surface area contributed by atoms with Gasteiger partial charge >= 0.3 is 6.09 Å². The maximum absolute atomic E-state index is 11.7. The third kappa shape index (κ3) is 3.87. The molecule has 1 fully saturated rings. The van der Waals surface area contributed by atoms with E-state index in [-0.39, 0.29) is 24.6 Å². The average Bonchev–Trinajstić information content (AvgIpc) is 2.86. The molecule has 1 amide bonds. The summed E-state index contributed by atoms with van der Waals surface area (Å²) in [6, 6.07) is 9.64. The molecule has 3 N–H and O–H groups in total. The summed E-state index contributed by atoms with van der Waals surface area (Å²) < 4.78 is 5.22. The first-order chi connectivity index (χ1) is 8.29. The molecule has 18 heavy (non-hydrogen) atoms.